The fourth-order valence-corrected chi connectivity index (χ4v) is 4.94. The molecule has 31 heavy (non-hydrogen) atoms. The zero-order valence-corrected chi connectivity index (χ0v) is 18.2. The zero-order chi connectivity index (χ0) is 21.5. The van der Waals surface area contributed by atoms with Crippen LogP contribution in [0.2, 0.25) is 0 Å². The van der Waals surface area contributed by atoms with E-state index in [9.17, 15) is 5.11 Å². The Morgan fingerprint density at radius 2 is 1.87 bits per heavy atom. The second-order valence-corrected chi connectivity index (χ2v) is 8.32. The molecule has 0 amide bonds. The number of benzene rings is 2. The number of fused-ring (bicyclic) bond motifs is 3. The van der Waals surface area contributed by atoms with Crippen LogP contribution in [0, 0.1) is 13.8 Å². The van der Waals surface area contributed by atoms with Crippen LogP contribution in [-0.2, 0) is 19.6 Å². The molecule has 0 unspecified atom stereocenters. The fourth-order valence-electron chi connectivity index (χ4n) is 4.94. The molecule has 0 aliphatic carbocycles. The maximum atomic E-state index is 9.39. The average molecular weight is 417 g/mol. The molecule has 5 nitrogen and oxygen atoms in total. The number of H-pyrrole nitrogens is 1. The molecule has 5 rings (SSSR count). The Labute approximate surface area is 182 Å². The predicted molar refractivity (Wildman–Crippen MR) is 121 cm³/mol. The predicted octanol–water partition coefficient (Wildman–Crippen LogP) is 5.03. The van der Waals surface area contributed by atoms with Gasteiger partial charge in [-0.15, -0.1) is 0 Å². The van der Waals surface area contributed by atoms with E-state index < -0.39 is 0 Å². The van der Waals surface area contributed by atoms with Crippen molar-refractivity contribution < 1.29 is 14.3 Å². The van der Waals surface area contributed by atoms with Crippen LogP contribution in [0.15, 0.2) is 52.9 Å². The van der Waals surface area contributed by atoms with E-state index in [4.69, 9.17) is 9.15 Å². The summed E-state index contributed by atoms with van der Waals surface area (Å²) >= 11 is 0. The molecule has 0 radical (unpaired) electrons. The summed E-state index contributed by atoms with van der Waals surface area (Å²) in [5, 5.41) is 10.7. The summed E-state index contributed by atoms with van der Waals surface area (Å²) in [6, 6.07) is 16.7. The van der Waals surface area contributed by atoms with Gasteiger partial charge in [-0.25, -0.2) is 0 Å². The topological polar surface area (TPSA) is 61.6 Å². The van der Waals surface area contributed by atoms with E-state index in [0.29, 0.717) is 12.3 Å². The number of hydrogen-bond donors (Lipinski definition) is 2. The molecule has 2 aromatic heterocycles. The lowest BCUT2D eigenvalue weighted by Gasteiger charge is -2.36. The second kappa shape index (κ2) is 7.91. The van der Waals surface area contributed by atoms with Gasteiger partial charge in [0, 0.05) is 23.1 Å². The number of methoxy groups -OCH3 is 1. The summed E-state index contributed by atoms with van der Waals surface area (Å²) in [6.45, 7) is 5.84. The molecule has 3 heterocycles. The lowest BCUT2D eigenvalue weighted by molar-refractivity contribution is 0.179. The first kappa shape index (κ1) is 19.9. The minimum Gasteiger partial charge on any atom is -0.496 e. The van der Waals surface area contributed by atoms with Crippen LogP contribution in [0.5, 0.6) is 5.75 Å². The first-order valence-electron chi connectivity index (χ1n) is 10.8. The highest BCUT2D eigenvalue weighted by atomic mass is 16.5. The van der Waals surface area contributed by atoms with E-state index in [-0.39, 0.29) is 12.6 Å². The van der Waals surface area contributed by atoms with Gasteiger partial charge in [0.05, 0.1) is 19.7 Å². The number of aromatic amines is 1. The van der Waals surface area contributed by atoms with Crippen LogP contribution >= 0.6 is 0 Å². The third kappa shape index (κ3) is 3.34. The molecule has 1 atom stereocenters. The molecule has 4 aromatic rings. The summed E-state index contributed by atoms with van der Waals surface area (Å²) in [7, 11) is 1.72. The van der Waals surface area contributed by atoms with Crippen molar-refractivity contribution in [1.29, 1.82) is 0 Å². The summed E-state index contributed by atoms with van der Waals surface area (Å²) in [5.41, 5.74) is 7.54. The van der Waals surface area contributed by atoms with Crippen LogP contribution in [0.1, 0.15) is 45.5 Å². The highest BCUT2D eigenvalue weighted by Crippen LogP contribution is 2.41. The average Bonchev–Trinajstić information content (AvgIpc) is 3.40. The maximum absolute atomic E-state index is 9.39. The summed E-state index contributed by atoms with van der Waals surface area (Å²) in [6.07, 6.45) is 0.984. The van der Waals surface area contributed by atoms with E-state index >= 15 is 0 Å². The fraction of sp³-hybridized carbons (Fsp3) is 0.308. The molecule has 2 aromatic carbocycles. The number of para-hydroxylation sites is 1. The van der Waals surface area contributed by atoms with Gasteiger partial charge in [-0.3, -0.25) is 4.90 Å². The molecule has 1 aliphatic heterocycles. The van der Waals surface area contributed by atoms with Crippen molar-refractivity contribution in [3.8, 4) is 5.75 Å². The third-order valence-electron chi connectivity index (χ3n) is 6.66. The summed E-state index contributed by atoms with van der Waals surface area (Å²) in [5.74, 6) is 2.39. The lowest BCUT2D eigenvalue weighted by atomic mass is 9.88. The molecule has 0 bridgehead atoms. The van der Waals surface area contributed by atoms with E-state index in [2.05, 4.69) is 60.1 Å². The smallest absolute Gasteiger partial charge is 0.129 e. The van der Waals surface area contributed by atoms with Gasteiger partial charge >= 0.3 is 0 Å². The minimum atomic E-state index is -0.0770. The minimum absolute atomic E-state index is 0.0770. The Bertz CT molecular complexity index is 1240. The Hall–Kier alpha value is -3.02. The van der Waals surface area contributed by atoms with Crippen LogP contribution in [0.25, 0.3) is 10.9 Å². The van der Waals surface area contributed by atoms with E-state index in [1.807, 2.05) is 12.1 Å². The molecule has 1 aliphatic rings. The number of aliphatic hydroxyl groups excluding tert-OH is 1. The SMILES string of the molecule is COc1ccc([C@@H]2c3[nH]c4ccccc4c3CCN2Cc2ccc(CO)o2)c(C)c1C. The van der Waals surface area contributed by atoms with Crippen molar-refractivity contribution in [2.75, 3.05) is 13.7 Å². The van der Waals surface area contributed by atoms with Crippen molar-refractivity contribution in [2.45, 2.75) is 39.5 Å². The second-order valence-electron chi connectivity index (χ2n) is 8.32. The maximum Gasteiger partial charge on any atom is 0.129 e. The quantitative estimate of drug-likeness (QED) is 0.479. The third-order valence-corrected chi connectivity index (χ3v) is 6.66. The van der Waals surface area contributed by atoms with Crippen LogP contribution in [0.4, 0.5) is 0 Å². The van der Waals surface area contributed by atoms with Gasteiger partial charge in [-0.2, -0.15) is 0 Å². The number of aliphatic hydroxyl groups is 1. The van der Waals surface area contributed by atoms with E-state index in [1.165, 1.54) is 38.9 Å². The molecule has 0 spiro atoms. The van der Waals surface area contributed by atoms with Crippen LogP contribution in [-0.4, -0.2) is 28.6 Å². The first-order valence-corrected chi connectivity index (χ1v) is 10.8. The number of nitrogens with zero attached hydrogens (tertiary/aromatic N) is 1. The molecule has 5 heteroatoms. The normalized spacial score (nSPS) is 16.6. The molecule has 0 fully saturated rings. The van der Waals surface area contributed by atoms with Crippen molar-refractivity contribution >= 4 is 10.9 Å². The van der Waals surface area contributed by atoms with Crippen LogP contribution in [0.3, 0.4) is 0 Å². The Morgan fingerprint density at radius 1 is 1.06 bits per heavy atom. The Morgan fingerprint density at radius 3 is 2.65 bits per heavy atom. The van der Waals surface area contributed by atoms with Gasteiger partial charge in [0.2, 0.25) is 0 Å². The molecule has 0 saturated carbocycles. The Balaban J connectivity index is 1.64. The van der Waals surface area contributed by atoms with E-state index in [0.717, 1.165) is 24.5 Å². The van der Waals surface area contributed by atoms with Crippen molar-refractivity contribution in [3.63, 3.8) is 0 Å². The number of hydrogen-bond acceptors (Lipinski definition) is 4. The number of aromatic nitrogens is 1. The van der Waals surface area contributed by atoms with Gasteiger partial charge < -0.3 is 19.2 Å². The molecule has 2 N–H and O–H groups in total. The van der Waals surface area contributed by atoms with Gasteiger partial charge in [0.25, 0.3) is 0 Å². The van der Waals surface area contributed by atoms with Gasteiger partial charge in [-0.05, 0) is 66.8 Å². The van der Waals surface area contributed by atoms with Crippen molar-refractivity contribution in [2.24, 2.45) is 0 Å². The molecule has 160 valence electrons. The number of furan rings is 1. The molecule has 0 saturated heterocycles. The highest BCUT2D eigenvalue weighted by Gasteiger charge is 2.33. The largest absolute Gasteiger partial charge is 0.496 e. The van der Waals surface area contributed by atoms with Crippen LogP contribution < -0.4 is 4.74 Å². The standard InChI is InChI=1S/C26H28N2O3/c1-16-17(2)24(30-3)11-10-20(16)26-25-22(21-6-4-5-7-23(21)27-25)12-13-28(26)14-18-8-9-19(15-29)31-18/h4-11,26-27,29H,12-15H2,1-3H3/t26-/m1/s1. The summed E-state index contributed by atoms with van der Waals surface area (Å²) in [4.78, 5) is 6.19. The lowest BCUT2D eigenvalue weighted by Crippen LogP contribution is -2.36. The number of rotatable bonds is 5. The monoisotopic (exact) mass is 416 g/mol. The van der Waals surface area contributed by atoms with Gasteiger partial charge in [-0.1, -0.05) is 24.3 Å². The van der Waals surface area contributed by atoms with Gasteiger partial charge in [0.1, 0.15) is 23.9 Å². The first-order chi connectivity index (χ1) is 15.1. The molecular formula is C26H28N2O3. The van der Waals surface area contributed by atoms with Crippen molar-refractivity contribution in [1.82, 2.24) is 9.88 Å². The van der Waals surface area contributed by atoms with E-state index in [1.54, 1.807) is 7.11 Å². The Kier molecular flexibility index (Phi) is 5.08. The molecular weight excluding hydrogens is 388 g/mol. The number of nitrogens with one attached hydrogen (secondary N) is 1. The highest BCUT2D eigenvalue weighted by molar-refractivity contribution is 5.85. The number of ether oxygens (including phenoxy) is 1. The van der Waals surface area contributed by atoms with Gasteiger partial charge in [0.15, 0.2) is 0 Å². The zero-order valence-electron chi connectivity index (χ0n) is 18.2. The summed E-state index contributed by atoms with van der Waals surface area (Å²) < 4.78 is 11.4. The van der Waals surface area contributed by atoms with Crippen molar-refractivity contribution in [3.05, 3.63) is 88.0 Å².